The van der Waals surface area contributed by atoms with Crippen LogP contribution in [0.4, 0.5) is 0 Å². The third-order valence-corrected chi connectivity index (χ3v) is 6.68. The molecule has 202 valence electrons. The van der Waals surface area contributed by atoms with E-state index in [1.807, 2.05) is 57.2 Å². The number of aromatic hydroxyl groups is 1. The van der Waals surface area contributed by atoms with Crippen LogP contribution in [0, 0.1) is 19.8 Å². The summed E-state index contributed by atoms with van der Waals surface area (Å²) in [6, 6.07) is 13.1. The highest BCUT2D eigenvalue weighted by Gasteiger charge is 2.31. The lowest BCUT2D eigenvalue weighted by molar-refractivity contribution is -0.153. The minimum absolute atomic E-state index is 0.136. The lowest BCUT2D eigenvalue weighted by atomic mass is 9.82. The van der Waals surface area contributed by atoms with Gasteiger partial charge >= 0.3 is 5.97 Å². The molecule has 8 heteroatoms. The highest BCUT2D eigenvalue weighted by atomic mass is 16.5. The number of benzene rings is 2. The average Bonchev–Trinajstić information content (AvgIpc) is 2.90. The van der Waals surface area contributed by atoms with Crippen molar-refractivity contribution in [2.75, 3.05) is 21.3 Å². The Balaban J connectivity index is 1.89. The lowest BCUT2D eigenvalue weighted by Gasteiger charge is -2.29. The van der Waals surface area contributed by atoms with E-state index in [0.29, 0.717) is 11.5 Å². The molecule has 1 aromatic heterocycles. The monoisotopic (exact) mass is 521 g/mol. The van der Waals surface area contributed by atoms with E-state index in [0.717, 1.165) is 22.3 Å². The normalized spacial score (nSPS) is 12.5. The summed E-state index contributed by atoms with van der Waals surface area (Å²) in [5, 5.41) is 10.3. The molecule has 0 fully saturated rings. The van der Waals surface area contributed by atoms with Gasteiger partial charge in [0.2, 0.25) is 0 Å². The van der Waals surface area contributed by atoms with Crippen molar-refractivity contribution in [1.29, 1.82) is 0 Å². The van der Waals surface area contributed by atoms with Crippen LogP contribution in [0.2, 0.25) is 0 Å². The molecule has 2 atom stereocenters. The molecule has 38 heavy (non-hydrogen) atoms. The maximum atomic E-state index is 13.2. The second kappa shape index (κ2) is 12.4. The average molecular weight is 522 g/mol. The summed E-state index contributed by atoms with van der Waals surface area (Å²) in [6.45, 7) is 7.46. The first kappa shape index (κ1) is 28.5. The van der Waals surface area contributed by atoms with Crippen LogP contribution in [-0.2, 0) is 9.53 Å². The molecule has 0 aliphatic heterocycles. The molecule has 1 heterocycles. The second-order valence-electron chi connectivity index (χ2n) is 9.30. The minimum Gasteiger partial charge on any atom is -0.503 e. The van der Waals surface area contributed by atoms with Gasteiger partial charge in [0.25, 0.3) is 0 Å². The number of esters is 1. The third-order valence-electron chi connectivity index (χ3n) is 6.68. The topological polar surface area (TPSA) is 104 Å². The molecular formula is C30H35NO7. The highest BCUT2D eigenvalue weighted by Crippen LogP contribution is 2.38. The number of hydrogen-bond acceptors (Lipinski definition) is 8. The number of Topliss-reactive ketones (excluding diaryl/α,β-unsaturated/α-hetero) is 1. The Morgan fingerprint density at radius 2 is 1.42 bits per heavy atom. The van der Waals surface area contributed by atoms with Crippen molar-refractivity contribution in [2.45, 2.75) is 46.1 Å². The summed E-state index contributed by atoms with van der Waals surface area (Å²) in [5.41, 5.74) is 3.80. The summed E-state index contributed by atoms with van der Waals surface area (Å²) < 4.78 is 22.0. The molecule has 8 nitrogen and oxygen atoms in total. The fourth-order valence-electron chi connectivity index (χ4n) is 4.47. The lowest BCUT2D eigenvalue weighted by Crippen LogP contribution is -2.28. The van der Waals surface area contributed by atoms with Gasteiger partial charge in [0.05, 0.1) is 27.2 Å². The molecule has 0 saturated heterocycles. The van der Waals surface area contributed by atoms with Gasteiger partial charge in [-0.1, -0.05) is 19.1 Å². The summed E-state index contributed by atoms with van der Waals surface area (Å²) >= 11 is 0. The van der Waals surface area contributed by atoms with E-state index in [1.54, 1.807) is 21.1 Å². The number of pyridine rings is 1. The van der Waals surface area contributed by atoms with Crippen LogP contribution >= 0.6 is 0 Å². The Morgan fingerprint density at radius 3 is 1.92 bits per heavy atom. The maximum absolute atomic E-state index is 13.2. The van der Waals surface area contributed by atoms with Crippen LogP contribution in [0.25, 0.3) is 0 Å². The third kappa shape index (κ3) is 6.25. The zero-order valence-corrected chi connectivity index (χ0v) is 22.9. The van der Waals surface area contributed by atoms with Crippen molar-refractivity contribution in [3.05, 3.63) is 76.6 Å². The molecule has 2 aromatic carbocycles. The van der Waals surface area contributed by atoms with E-state index in [2.05, 4.69) is 4.98 Å². The molecule has 0 saturated carbocycles. The maximum Gasteiger partial charge on any atom is 0.309 e. The first-order chi connectivity index (χ1) is 18.1. The summed E-state index contributed by atoms with van der Waals surface area (Å²) in [6.07, 6.45) is 0.606. The number of ether oxygens (including phenoxy) is 4. The SMILES string of the molecule is COc1ccc(C)c(C(c2cc(OC)ccc2C)[C@H](C)OC(=O)[C@H](C)CC(=O)c2nccc(OC)c2O)c1. The Hall–Kier alpha value is -4.07. The number of aryl methyl sites for hydroxylation is 2. The Labute approximate surface area is 223 Å². The fraction of sp³-hybridized carbons (Fsp3) is 0.367. The molecule has 0 unspecified atom stereocenters. The van der Waals surface area contributed by atoms with Crippen molar-refractivity contribution in [2.24, 2.45) is 5.92 Å². The molecule has 0 spiro atoms. The van der Waals surface area contributed by atoms with Gasteiger partial charge in [0, 0.05) is 24.6 Å². The first-order valence-electron chi connectivity index (χ1n) is 12.4. The molecule has 1 N–H and O–H groups in total. The van der Waals surface area contributed by atoms with Crippen LogP contribution in [-0.4, -0.2) is 49.3 Å². The van der Waals surface area contributed by atoms with Crippen molar-refractivity contribution >= 4 is 11.8 Å². The first-order valence-corrected chi connectivity index (χ1v) is 12.4. The number of nitrogens with zero attached hydrogens (tertiary/aromatic N) is 1. The quantitative estimate of drug-likeness (QED) is 0.264. The summed E-state index contributed by atoms with van der Waals surface area (Å²) in [4.78, 5) is 30.0. The van der Waals surface area contributed by atoms with Gasteiger partial charge in [-0.05, 0) is 67.3 Å². The van der Waals surface area contributed by atoms with Gasteiger partial charge in [-0.3, -0.25) is 9.59 Å². The minimum atomic E-state index is -0.768. The Kier molecular flexibility index (Phi) is 9.34. The number of methoxy groups -OCH3 is 3. The molecule has 0 bridgehead atoms. The van der Waals surface area contributed by atoms with Crippen LogP contribution < -0.4 is 14.2 Å². The van der Waals surface area contributed by atoms with E-state index in [9.17, 15) is 14.7 Å². The van der Waals surface area contributed by atoms with Gasteiger partial charge in [-0.2, -0.15) is 0 Å². The molecule has 3 rings (SSSR count). The van der Waals surface area contributed by atoms with Crippen molar-refractivity contribution < 1.29 is 33.6 Å². The smallest absolute Gasteiger partial charge is 0.309 e. The predicted octanol–water partition coefficient (Wildman–Crippen LogP) is 5.40. The molecule has 0 radical (unpaired) electrons. The Bertz CT molecular complexity index is 1250. The van der Waals surface area contributed by atoms with Crippen molar-refractivity contribution in [3.63, 3.8) is 0 Å². The summed E-state index contributed by atoms with van der Waals surface area (Å²) in [7, 11) is 4.60. The van der Waals surface area contributed by atoms with E-state index in [1.165, 1.54) is 19.4 Å². The van der Waals surface area contributed by atoms with Gasteiger partial charge in [-0.15, -0.1) is 0 Å². The number of hydrogen-bond donors (Lipinski definition) is 1. The van der Waals surface area contributed by atoms with Gasteiger partial charge in [0.1, 0.15) is 17.6 Å². The van der Waals surface area contributed by atoms with E-state index in [-0.39, 0.29) is 29.5 Å². The highest BCUT2D eigenvalue weighted by molar-refractivity contribution is 5.99. The van der Waals surface area contributed by atoms with E-state index < -0.39 is 23.8 Å². The molecule has 0 amide bonds. The van der Waals surface area contributed by atoms with E-state index in [4.69, 9.17) is 18.9 Å². The fourth-order valence-corrected chi connectivity index (χ4v) is 4.47. The van der Waals surface area contributed by atoms with Gasteiger partial charge < -0.3 is 24.1 Å². The van der Waals surface area contributed by atoms with Gasteiger partial charge in [0.15, 0.2) is 23.0 Å². The molecular weight excluding hydrogens is 486 g/mol. The zero-order valence-electron chi connectivity index (χ0n) is 22.9. The largest absolute Gasteiger partial charge is 0.503 e. The van der Waals surface area contributed by atoms with Gasteiger partial charge in [-0.25, -0.2) is 4.98 Å². The molecule has 0 aliphatic carbocycles. The van der Waals surface area contributed by atoms with Crippen molar-refractivity contribution in [3.8, 4) is 23.0 Å². The van der Waals surface area contributed by atoms with Crippen LogP contribution in [0.15, 0.2) is 48.7 Å². The van der Waals surface area contributed by atoms with Crippen LogP contribution in [0.1, 0.15) is 58.9 Å². The second-order valence-corrected chi connectivity index (χ2v) is 9.30. The van der Waals surface area contributed by atoms with Crippen LogP contribution in [0.3, 0.4) is 0 Å². The number of ketones is 1. The number of aromatic nitrogens is 1. The summed E-state index contributed by atoms with van der Waals surface area (Å²) in [5.74, 6) is -0.930. The number of carbonyl (C=O) groups is 2. The Morgan fingerprint density at radius 1 is 0.868 bits per heavy atom. The molecule has 0 aliphatic rings. The predicted molar refractivity (Wildman–Crippen MR) is 143 cm³/mol. The van der Waals surface area contributed by atoms with E-state index >= 15 is 0 Å². The number of rotatable bonds is 11. The standard InChI is InChI=1S/C30H35NO7/c1-17-8-10-21(35-5)15-23(17)27(24-16-22(36-6)11-9-18(24)2)20(4)38-30(34)19(3)14-25(32)28-29(33)26(37-7)12-13-31-28/h8-13,15-16,19-20,27,33H,14H2,1-7H3/t19-,20+/m1/s1. The van der Waals surface area contributed by atoms with Crippen molar-refractivity contribution in [1.82, 2.24) is 4.98 Å². The van der Waals surface area contributed by atoms with Crippen LogP contribution in [0.5, 0.6) is 23.0 Å². The zero-order chi connectivity index (χ0) is 28.0. The molecule has 3 aromatic rings. The number of carbonyl (C=O) groups excluding carboxylic acids is 2.